The number of amides is 1. The Labute approximate surface area is 185 Å². The van der Waals surface area contributed by atoms with Crippen molar-refractivity contribution in [2.24, 2.45) is 4.99 Å². The average molecular weight is 440 g/mol. The Morgan fingerprint density at radius 2 is 1.87 bits per heavy atom. The highest BCUT2D eigenvalue weighted by Crippen LogP contribution is 2.33. The van der Waals surface area contributed by atoms with E-state index in [0.29, 0.717) is 11.5 Å². The van der Waals surface area contributed by atoms with Crippen LogP contribution in [0.1, 0.15) is 5.56 Å². The quantitative estimate of drug-likeness (QED) is 0.499. The molecule has 0 aromatic heterocycles. The molecule has 1 fully saturated rings. The summed E-state index contributed by atoms with van der Waals surface area (Å²) in [4.78, 5) is 21.9. The molecule has 1 amide bonds. The number of para-hydroxylation sites is 1. The number of thioether (sulfide) groups is 1. The van der Waals surface area contributed by atoms with Gasteiger partial charge in [-0.05, 0) is 42.1 Å². The van der Waals surface area contributed by atoms with Crippen molar-refractivity contribution >= 4 is 46.2 Å². The molecule has 154 valence electrons. The molecule has 0 unspecified atom stereocenters. The first-order valence-electron chi connectivity index (χ1n) is 9.75. The molecule has 0 N–H and O–H groups in total. The van der Waals surface area contributed by atoms with Gasteiger partial charge in [-0.2, -0.15) is 4.99 Å². The van der Waals surface area contributed by atoms with Gasteiger partial charge in [0.05, 0.1) is 4.91 Å². The number of hydrogen-bond donors (Lipinski definition) is 0. The molecule has 0 aliphatic carbocycles. The highest BCUT2D eigenvalue weighted by molar-refractivity contribution is 8.18. The highest BCUT2D eigenvalue weighted by atomic mass is 35.5. The lowest BCUT2D eigenvalue weighted by molar-refractivity contribution is -0.113. The number of anilines is 1. The third-order valence-electron chi connectivity index (χ3n) is 4.90. The number of hydrogen-bond acceptors (Lipinski definition) is 5. The lowest BCUT2D eigenvalue weighted by Crippen LogP contribution is -2.47. The summed E-state index contributed by atoms with van der Waals surface area (Å²) in [5.74, 6) is 0.521. The Kier molecular flexibility index (Phi) is 6.45. The molecule has 0 spiro atoms. The zero-order chi connectivity index (χ0) is 20.9. The van der Waals surface area contributed by atoms with Crippen molar-refractivity contribution in [2.75, 3.05) is 37.7 Å². The van der Waals surface area contributed by atoms with Gasteiger partial charge in [-0.25, -0.2) is 0 Å². The fourth-order valence-electron chi connectivity index (χ4n) is 3.38. The Hall–Kier alpha value is -2.70. The minimum atomic E-state index is -0.203. The second-order valence-electron chi connectivity index (χ2n) is 6.90. The lowest BCUT2D eigenvalue weighted by atomic mass is 10.2. The summed E-state index contributed by atoms with van der Waals surface area (Å²) in [5, 5.41) is 1.50. The molecule has 2 heterocycles. The molecule has 2 aromatic rings. The van der Waals surface area contributed by atoms with Gasteiger partial charge in [0, 0.05) is 42.5 Å². The number of ether oxygens (including phenoxy) is 1. The van der Waals surface area contributed by atoms with Crippen molar-refractivity contribution < 1.29 is 9.53 Å². The average Bonchev–Trinajstić information content (AvgIpc) is 3.13. The molecular weight excluding hydrogens is 418 g/mol. The maximum absolute atomic E-state index is 12.5. The number of aliphatic imine (C=N–C) groups is 1. The number of rotatable bonds is 5. The normalized spacial score (nSPS) is 18.0. The maximum Gasteiger partial charge on any atom is 0.286 e. The first-order chi connectivity index (χ1) is 14.6. The summed E-state index contributed by atoms with van der Waals surface area (Å²) in [6, 6.07) is 15.5. The van der Waals surface area contributed by atoms with Crippen LogP contribution in [0.4, 0.5) is 5.69 Å². The summed E-state index contributed by atoms with van der Waals surface area (Å²) in [7, 11) is 0. The van der Waals surface area contributed by atoms with E-state index < -0.39 is 0 Å². The van der Waals surface area contributed by atoms with Crippen LogP contribution in [-0.2, 0) is 4.79 Å². The van der Waals surface area contributed by atoms with Crippen LogP contribution in [0.5, 0.6) is 5.75 Å². The Morgan fingerprint density at radius 1 is 1.10 bits per heavy atom. The molecule has 2 aromatic carbocycles. The van der Waals surface area contributed by atoms with E-state index in [4.69, 9.17) is 16.3 Å². The van der Waals surface area contributed by atoms with E-state index in [1.807, 2.05) is 48.5 Å². The highest BCUT2D eigenvalue weighted by Gasteiger charge is 2.28. The van der Waals surface area contributed by atoms with Crippen LogP contribution < -0.4 is 9.64 Å². The van der Waals surface area contributed by atoms with Crippen LogP contribution in [0.15, 0.2) is 71.1 Å². The van der Waals surface area contributed by atoms with E-state index in [1.54, 1.807) is 6.08 Å². The zero-order valence-corrected chi connectivity index (χ0v) is 18.0. The van der Waals surface area contributed by atoms with Gasteiger partial charge in [0.25, 0.3) is 5.91 Å². The topological polar surface area (TPSA) is 45.1 Å². The van der Waals surface area contributed by atoms with Gasteiger partial charge in [-0.3, -0.25) is 4.79 Å². The first-order valence-corrected chi connectivity index (χ1v) is 10.9. The first kappa shape index (κ1) is 20.6. The van der Waals surface area contributed by atoms with Crippen LogP contribution in [-0.4, -0.2) is 48.8 Å². The van der Waals surface area contributed by atoms with Gasteiger partial charge in [0.15, 0.2) is 5.17 Å². The predicted molar refractivity (Wildman–Crippen MR) is 125 cm³/mol. The molecule has 7 heteroatoms. The molecule has 0 radical (unpaired) electrons. The van der Waals surface area contributed by atoms with Crippen LogP contribution in [0.2, 0.25) is 5.02 Å². The fourth-order valence-corrected chi connectivity index (χ4v) is 4.52. The molecule has 2 aliphatic heterocycles. The molecule has 30 heavy (non-hydrogen) atoms. The van der Waals surface area contributed by atoms with Crippen molar-refractivity contribution in [1.82, 2.24) is 4.90 Å². The van der Waals surface area contributed by atoms with E-state index in [2.05, 4.69) is 27.4 Å². The number of carbonyl (C=O) groups excluding carboxylic acids is 1. The molecule has 4 rings (SSSR count). The Bertz CT molecular complexity index is 1010. The standard InChI is InChI=1S/C23H22ClN3O2S/c1-2-14-29-20-9-4-3-6-17(20)15-21-22(28)25-23(30-21)27-12-10-26(11-13-27)19-8-5-7-18(24)16-19/h2-9,15-16H,1,10-14H2/b21-15+. The van der Waals surface area contributed by atoms with Crippen LogP contribution in [0.25, 0.3) is 6.08 Å². The summed E-state index contributed by atoms with van der Waals surface area (Å²) in [5.41, 5.74) is 1.98. The second-order valence-corrected chi connectivity index (χ2v) is 8.35. The van der Waals surface area contributed by atoms with Crippen molar-refractivity contribution in [3.05, 3.63) is 76.7 Å². The van der Waals surface area contributed by atoms with E-state index >= 15 is 0 Å². The Balaban J connectivity index is 1.41. The number of amidine groups is 1. The minimum Gasteiger partial charge on any atom is -0.489 e. The second kappa shape index (κ2) is 9.41. The van der Waals surface area contributed by atoms with Crippen molar-refractivity contribution in [3.63, 3.8) is 0 Å². The van der Waals surface area contributed by atoms with Crippen molar-refractivity contribution in [1.29, 1.82) is 0 Å². The van der Waals surface area contributed by atoms with Crippen LogP contribution >= 0.6 is 23.4 Å². The van der Waals surface area contributed by atoms with E-state index in [-0.39, 0.29) is 5.91 Å². The maximum atomic E-state index is 12.5. The van der Waals surface area contributed by atoms with E-state index in [0.717, 1.165) is 53.4 Å². The number of benzene rings is 2. The largest absolute Gasteiger partial charge is 0.489 e. The number of nitrogens with zero attached hydrogens (tertiary/aromatic N) is 3. The molecule has 2 aliphatic rings. The van der Waals surface area contributed by atoms with Gasteiger partial charge in [-0.1, -0.05) is 48.5 Å². The number of piperazine rings is 1. The van der Waals surface area contributed by atoms with Crippen LogP contribution in [0, 0.1) is 0 Å². The summed E-state index contributed by atoms with van der Waals surface area (Å²) in [6.45, 7) is 7.41. The van der Waals surface area contributed by atoms with Crippen molar-refractivity contribution in [3.8, 4) is 5.75 Å². The molecule has 5 nitrogen and oxygen atoms in total. The number of halogens is 1. The van der Waals surface area contributed by atoms with E-state index in [9.17, 15) is 4.79 Å². The minimum absolute atomic E-state index is 0.203. The van der Waals surface area contributed by atoms with Gasteiger partial charge in [-0.15, -0.1) is 0 Å². The summed E-state index contributed by atoms with van der Waals surface area (Å²) < 4.78 is 5.69. The predicted octanol–water partition coefficient (Wildman–Crippen LogP) is 4.70. The molecule has 0 bridgehead atoms. The summed E-state index contributed by atoms with van der Waals surface area (Å²) in [6.07, 6.45) is 3.55. The van der Waals surface area contributed by atoms with Crippen molar-refractivity contribution in [2.45, 2.75) is 0 Å². The van der Waals surface area contributed by atoms with Gasteiger partial charge in [0.1, 0.15) is 12.4 Å². The third-order valence-corrected chi connectivity index (χ3v) is 6.17. The molecule has 1 saturated heterocycles. The third kappa shape index (κ3) is 4.71. The van der Waals surface area contributed by atoms with Gasteiger partial charge in [0.2, 0.25) is 0 Å². The monoisotopic (exact) mass is 439 g/mol. The molecule has 0 saturated carbocycles. The zero-order valence-electron chi connectivity index (χ0n) is 16.5. The smallest absolute Gasteiger partial charge is 0.286 e. The SMILES string of the molecule is C=CCOc1ccccc1/C=C1/SC(N2CCN(c3cccc(Cl)c3)CC2)=NC1=O. The Morgan fingerprint density at radius 3 is 2.63 bits per heavy atom. The van der Waals surface area contributed by atoms with E-state index in [1.165, 1.54) is 11.8 Å². The fraction of sp³-hybridized carbons (Fsp3) is 0.217. The molecule has 0 atom stereocenters. The van der Waals surface area contributed by atoms with Gasteiger partial charge >= 0.3 is 0 Å². The van der Waals surface area contributed by atoms with Gasteiger partial charge < -0.3 is 14.5 Å². The number of carbonyl (C=O) groups is 1. The summed E-state index contributed by atoms with van der Waals surface area (Å²) >= 11 is 7.54. The van der Waals surface area contributed by atoms with Crippen LogP contribution in [0.3, 0.4) is 0 Å². The lowest BCUT2D eigenvalue weighted by Gasteiger charge is -2.36. The molecular formula is C23H22ClN3O2S.